The lowest BCUT2D eigenvalue weighted by Gasteiger charge is -2.07. The molecule has 5 heteroatoms. The van der Waals surface area contributed by atoms with Crippen LogP contribution in [0.25, 0.3) is 22.4 Å². The summed E-state index contributed by atoms with van der Waals surface area (Å²) in [5.74, 6) is 0.722. The summed E-state index contributed by atoms with van der Waals surface area (Å²) >= 11 is 0. The van der Waals surface area contributed by atoms with E-state index in [1.807, 2.05) is 62.5 Å². The van der Waals surface area contributed by atoms with Crippen LogP contribution in [0, 0.1) is 6.92 Å². The van der Waals surface area contributed by atoms with Gasteiger partial charge in [-0.1, -0.05) is 12.1 Å². The number of aryl methyl sites for hydroxylation is 2. The number of anilines is 1. The third-order valence-electron chi connectivity index (χ3n) is 4.36. The minimum Gasteiger partial charge on any atom is -0.327 e. The molecule has 0 atom stereocenters. The Balaban J connectivity index is 1.57. The topological polar surface area (TPSA) is 59.8 Å². The first-order valence-corrected chi connectivity index (χ1v) is 8.38. The summed E-state index contributed by atoms with van der Waals surface area (Å²) in [5.41, 5.74) is 5.21. The SMILES string of the molecule is Cc1ccc(C(=O)Nc2ccc(-c3nc4ccccc4n3C)cc2)cn1. The highest BCUT2D eigenvalue weighted by molar-refractivity contribution is 6.04. The molecule has 0 bridgehead atoms. The summed E-state index contributed by atoms with van der Waals surface area (Å²) in [6, 6.07) is 19.3. The molecular weight excluding hydrogens is 324 g/mol. The minimum atomic E-state index is -0.173. The van der Waals surface area contributed by atoms with Crippen LogP contribution in [0.3, 0.4) is 0 Å². The zero-order chi connectivity index (χ0) is 18.1. The lowest BCUT2D eigenvalue weighted by molar-refractivity contribution is 0.102. The van der Waals surface area contributed by atoms with Crippen LogP contribution >= 0.6 is 0 Å². The Kier molecular flexibility index (Phi) is 3.97. The molecule has 0 aliphatic carbocycles. The predicted octanol–water partition coefficient (Wildman–Crippen LogP) is 4.20. The van der Waals surface area contributed by atoms with E-state index < -0.39 is 0 Å². The summed E-state index contributed by atoms with van der Waals surface area (Å²) in [6.45, 7) is 1.89. The van der Waals surface area contributed by atoms with Gasteiger partial charge in [0.05, 0.1) is 16.6 Å². The molecule has 0 saturated heterocycles. The number of amides is 1. The van der Waals surface area contributed by atoms with Crippen molar-refractivity contribution in [1.29, 1.82) is 0 Å². The molecule has 4 rings (SSSR count). The average molecular weight is 342 g/mol. The maximum atomic E-state index is 12.3. The van der Waals surface area contributed by atoms with Crippen LogP contribution in [-0.4, -0.2) is 20.4 Å². The van der Waals surface area contributed by atoms with Crippen molar-refractivity contribution in [2.45, 2.75) is 6.92 Å². The fraction of sp³-hybridized carbons (Fsp3) is 0.0952. The first kappa shape index (κ1) is 16.0. The van der Waals surface area contributed by atoms with Gasteiger partial charge in [-0.3, -0.25) is 9.78 Å². The van der Waals surface area contributed by atoms with Gasteiger partial charge in [-0.2, -0.15) is 0 Å². The van der Waals surface area contributed by atoms with Crippen LogP contribution in [0.4, 0.5) is 5.69 Å². The Morgan fingerprint density at radius 3 is 2.46 bits per heavy atom. The first-order valence-electron chi connectivity index (χ1n) is 8.38. The molecule has 128 valence electrons. The Hall–Kier alpha value is -3.47. The van der Waals surface area contributed by atoms with Crippen LogP contribution in [0.15, 0.2) is 66.9 Å². The minimum absolute atomic E-state index is 0.173. The Morgan fingerprint density at radius 2 is 1.77 bits per heavy atom. The number of rotatable bonds is 3. The van der Waals surface area contributed by atoms with E-state index in [1.54, 1.807) is 12.3 Å². The number of benzene rings is 2. The zero-order valence-corrected chi connectivity index (χ0v) is 14.6. The average Bonchev–Trinajstić information content (AvgIpc) is 3.00. The molecule has 0 saturated carbocycles. The van der Waals surface area contributed by atoms with Crippen LogP contribution in [0.5, 0.6) is 0 Å². The number of imidazole rings is 1. The number of nitrogens with zero attached hydrogens (tertiary/aromatic N) is 3. The smallest absolute Gasteiger partial charge is 0.257 e. The molecule has 0 spiro atoms. The zero-order valence-electron chi connectivity index (χ0n) is 14.6. The van der Waals surface area contributed by atoms with Gasteiger partial charge in [0.2, 0.25) is 0 Å². The van der Waals surface area contributed by atoms with Crippen LogP contribution in [0.1, 0.15) is 16.1 Å². The normalized spacial score (nSPS) is 10.8. The standard InChI is InChI=1S/C21H18N4O/c1-14-7-8-16(13-22-14)21(26)23-17-11-9-15(10-12-17)20-24-18-5-3-4-6-19(18)25(20)2/h3-13H,1-2H3,(H,23,26). The molecule has 2 heterocycles. The molecule has 0 aliphatic rings. The highest BCUT2D eigenvalue weighted by atomic mass is 16.1. The third-order valence-corrected chi connectivity index (χ3v) is 4.36. The molecule has 2 aromatic heterocycles. The quantitative estimate of drug-likeness (QED) is 0.607. The Morgan fingerprint density at radius 1 is 1.00 bits per heavy atom. The van der Waals surface area contributed by atoms with E-state index >= 15 is 0 Å². The Bertz CT molecular complexity index is 1080. The van der Waals surface area contributed by atoms with Gasteiger partial charge in [-0.25, -0.2) is 4.98 Å². The number of fused-ring (bicyclic) bond motifs is 1. The highest BCUT2D eigenvalue weighted by Gasteiger charge is 2.10. The molecule has 5 nitrogen and oxygen atoms in total. The van der Waals surface area contributed by atoms with Crippen LogP contribution in [-0.2, 0) is 7.05 Å². The van der Waals surface area contributed by atoms with Crippen molar-refractivity contribution < 1.29 is 4.79 Å². The molecule has 4 aromatic rings. The molecule has 1 N–H and O–H groups in total. The van der Waals surface area contributed by atoms with Gasteiger partial charge < -0.3 is 9.88 Å². The fourth-order valence-corrected chi connectivity index (χ4v) is 2.91. The second kappa shape index (κ2) is 6.44. The maximum absolute atomic E-state index is 12.3. The maximum Gasteiger partial charge on any atom is 0.257 e. The molecule has 1 amide bonds. The van der Waals surface area contributed by atoms with Crippen molar-refractivity contribution in [3.63, 3.8) is 0 Å². The number of hydrogen-bond donors (Lipinski definition) is 1. The van der Waals surface area contributed by atoms with E-state index in [9.17, 15) is 4.79 Å². The second-order valence-electron chi connectivity index (χ2n) is 6.20. The van der Waals surface area contributed by atoms with E-state index in [-0.39, 0.29) is 5.91 Å². The van der Waals surface area contributed by atoms with Crippen molar-refractivity contribution in [1.82, 2.24) is 14.5 Å². The summed E-state index contributed by atoms with van der Waals surface area (Å²) in [4.78, 5) is 21.1. The molecule has 0 unspecified atom stereocenters. The molecular formula is C21H18N4O. The third kappa shape index (κ3) is 2.95. The first-order chi connectivity index (χ1) is 12.6. The van der Waals surface area contributed by atoms with Gasteiger partial charge in [-0.15, -0.1) is 0 Å². The monoisotopic (exact) mass is 342 g/mol. The molecule has 0 aliphatic heterocycles. The number of carbonyl (C=O) groups excluding carboxylic acids is 1. The summed E-state index contributed by atoms with van der Waals surface area (Å²) < 4.78 is 2.07. The van der Waals surface area contributed by atoms with Crippen LogP contribution in [0.2, 0.25) is 0 Å². The number of aromatic nitrogens is 3. The second-order valence-corrected chi connectivity index (χ2v) is 6.20. The molecule has 0 radical (unpaired) electrons. The lowest BCUT2D eigenvalue weighted by atomic mass is 10.2. The molecule has 2 aromatic carbocycles. The van der Waals surface area contributed by atoms with E-state index in [4.69, 9.17) is 4.98 Å². The van der Waals surface area contributed by atoms with Gasteiger partial charge in [0, 0.05) is 30.2 Å². The van der Waals surface area contributed by atoms with Gasteiger partial charge in [0.25, 0.3) is 5.91 Å². The number of nitrogens with one attached hydrogen (secondary N) is 1. The van der Waals surface area contributed by atoms with E-state index in [2.05, 4.69) is 20.9 Å². The summed E-state index contributed by atoms with van der Waals surface area (Å²) in [5, 5.41) is 2.89. The highest BCUT2D eigenvalue weighted by Crippen LogP contribution is 2.24. The fourth-order valence-electron chi connectivity index (χ4n) is 2.91. The molecule has 0 fully saturated rings. The number of carbonyl (C=O) groups is 1. The van der Waals surface area contributed by atoms with Crippen molar-refractivity contribution in [3.05, 3.63) is 78.1 Å². The van der Waals surface area contributed by atoms with Crippen molar-refractivity contribution in [3.8, 4) is 11.4 Å². The number of pyridine rings is 1. The summed E-state index contributed by atoms with van der Waals surface area (Å²) in [6.07, 6.45) is 1.58. The predicted molar refractivity (Wildman–Crippen MR) is 103 cm³/mol. The largest absolute Gasteiger partial charge is 0.327 e. The van der Waals surface area contributed by atoms with E-state index in [0.29, 0.717) is 5.56 Å². The molecule has 26 heavy (non-hydrogen) atoms. The van der Waals surface area contributed by atoms with Crippen molar-refractivity contribution in [2.75, 3.05) is 5.32 Å². The van der Waals surface area contributed by atoms with E-state index in [0.717, 1.165) is 33.8 Å². The van der Waals surface area contributed by atoms with Gasteiger partial charge >= 0.3 is 0 Å². The number of para-hydroxylation sites is 2. The number of hydrogen-bond acceptors (Lipinski definition) is 3. The van der Waals surface area contributed by atoms with Gasteiger partial charge in [0.1, 0.15) is 5.82 Å². The van der Waals surface area contributed by atoms with Crippen molar-refractivity contribution >= 4 is 22.6 Å². The lowest BCUT2D eigenvalue weighted by Crippen LogP contribution is -2.12. The van der Waals surface area contributed by atoms with E-state index in [1.165, 1.54) is 0 Å². The van der Waals surface area contributed by atoms with Gasteiger partial charge in [0.15, 0.2) is 0 Å². The summed E-state index contributed by atoms with van der Waals surface area (Å²) in [7, 11) is 2.00. The van der Waals surface area contributed by atoms with Crippen LogP contribution < -0.4 is 5.32 Å². The van der Waals surface area contributed by atoms with Crippen molar-refractivity contribution in [2.24, 2.45) is 7.05 Å². The van der Waals surface area contributed by atoms with Gasteiger partial charge in [-0.05, 0) is 55.5 Å². The Labute approximate surface area is 151 Å².